The summed E-state index contributed by atoms with van der Waals surface area (Å²) in [5.41, 5.74) is 2.57. The zero-order chi connectivity index (χ0) is 17.5. The Balaban J connectivity index is 1.85. The minimum absolute atomic E-state index is 0.206. The van der Waals surface area contributed by atoms with Gasteiger partial charge in [0.05, 0.1) is 0 Å². The topological polar surface area (TPSA) is 74.8 Å². The number of rotatable bonds is 8. The second-order valence-electron chi connectivity index (χ2n) is 7.00. The number of quaternary nitrogens is 1. The van der Waals surface area contributed by atoms with E-state index in [0.29, 0.717) is 5.92 Å². The Morgan fingerprint density at radius 3 is 2.42 bits per heavy atom. The van der Waals surface area contributed by atoms with E-state index >= 15 is 0 Å². The molecule has 24 heavy (non-hydrogen) atoms. The molecule has 4 N–H and O–H groups in total. The lowest BCUT2D eigenvalue weighted by Crippen LogP contribution is -2.88. The van der Waals surface area contributed by atoms with Gasteiger partial charge < -0.3 is 10.6 Å². The van der Waals surface area contributed by atoms with Crippen LogP contribution < -0.4 is 16.0 Å². The van der Waals surface area contributed by atoms with Gasteiger partial charge in [-0.3, -0.25) is 10.1 Å². The van der Waals surface area contributed by atoms with Gasteiger partial charge >= 0.3 is 6.03 Å². The number of nitrogens with one attached hydrogen (secondary N) is 2. The van der Waals surface area contributed by atoms with Crippen molar-refractivity contribution in [1.82, 2.24) is 10.6 Å². The lowest BCUT2D eigenvalue weighted by Gasteiger charge is -2.19. The van der Waals surface area contributed by atoms with Gasteiger partial charge in [0.1, 0.15) is 6.04 Å². The predicted octanol–water partition coefficient (Wildman–Crippen LogP) is 1.89. The number of carbonyl (C=O) groups excluding carboxylic acids is 2. The Kier molecular flexibility index (Phi) is 6.79. The molecule has 0 spiro atoms. The van der Waals surface area contributed by atoms with Crippen molar-refractivity contribution in [2.75, 3.05) is 6.54 Å². The van der Waals surface area contributed by atoms with Crippen molar-refractivity contribution in [1.29, 1.82) is 0 Å². The fourth-order valence-corrected chi connectivity index (χ4v) is 2.85. The summed E-state index contributed by atoms with van der Waals surface area (Å²) in [5, 5.41) is 7.18. The number of nitrogens with two attached hydrogens (primary N) is 1. The van der Waals surface area contributed by atoms with Gasteiger partial charge in [0.2, 0.25) is 0 Å². The van der Waals surface area contributed by atoms with E-state index in [1.165, 1.54) is 11.1 Å². The normalized spacial score (nSPS) is 15.2. The molecule has 3 amide bonds. The Morgan fingerprint density at radius 2 is 1.88 bits per heavy atom. The maximum atomic E-state index is 11.9. The molecular formula is C19H30N3O2+. The molecule has 2 rings (SSSR count). The van der Waals surface area contributed by atoms with Crippen molar-refractivity contribution in [3.05, 3.63) is 35.4 Å². The van der Waals surface area contributed by atoms with Crippen LogP contribution in [-0.4, -0.2) is 24.5 Å². The fourth-order valence-electron chi connectivity index (χ4n) is 2.85. The van der Waals surface area contributed by atoms with Gasteiger partial charge in [-0.1, -0.05) is 51.5 Å². The highest BCUT2D eigenvalue weighted by atomic mass is 16.2. The largest absolute Gasteiger partial charge is 0.335 e. The van der Waals surface area contributed by atoms with Crippen molar-refractivity contribution in [3.63, 3.8) is 0 Å². The molecule has 5 nitrogen and oxygen atoms in total. The van der Waals surface area contributed by atoms with Crippen molar-refractivity contribution in [3.8, 4) is 0 Å². The molecule has 5 heteroatoms. The molecule has 0 unspecified atom stereocenters. The first-order valence-electron chi connectivity index (χ1n) is 9.02. The zero-order valence-electron chi connectivity index (χ0n) is 15.0. The fraction of sp³-hybridized carbons (Fsp3) is 0.579. The van der Waals surface area contributed by atoms with E-state index in [9.17, 15) is 9.59 Å². The molecule has 132 valence electrons. The summed E-state index contributed by atoms with van der Waals surface area (Å²) in [7, 11) is 0. The Morgan fingerprint density at radius 1 is 1.21 bits per heavy atom. The predicted molar refractivity (Wildman–Crippen MR) is 94.5 cm³/mol. The Bertz CT molecular complexity index is 550. The monoisotopic (exact) mass is 332 g/mol. The molecule has 1 atom stereocenters. The summed E-state index contributed by atoms with van der Waals surface area (Å²) < 4.78 is 0. The van der Waals surface area contributed by atoms with E-state index < -0.39 is 0 Å². The van der Waals surface area contributed by atoms with Crippen molar-refractivity contribution >= 4 is 11.9 Å². The minimum atomic E-state index is -0.374. The Hall–Kier alpha value is -1.88. The average molecular weight is 332 g/mol. The number of urea groups is 1. The number of carbonyl (C=O) groups is 2. The molecule has 0 radical (unpaired) electrons. The second-order valence-corrected chi connectivity index (χ2v) is 7.00. The van der Waals surface area contributed by atoms with Gasteiger partial charge in [0.25, 0.3) is 5.91 Å². The first-order chi connectivity index (χ1) is 11.5. The molecule has 1 aliphatic rings. The molecule has 1 aromatic rings. The van der Waals surface area contributed by atoms with Crippen LogP contribution in [0.1, 0.15) is 57.2 Å². The third-order valence-corrected chi connectivity index (χ3v) is 4.34. The van der Waals surface area contributed by atoms with Gasteiger partial charge in [-0.2, -0.15) is 0 Å². The van der Waals surface area contributed by atoms with Crippen molar-refractivity contribution in [2.24, 2.45) is 5.92 Å². The molecular weight excluding hydrogens is 302 g/mol. The smallest absolute Gasteiger partial charge is 0.321 e. The number of hydrogen-bond donors (Lipinski definition) is 3. The molecule has 0 bridgehead atoms. The molecule has 1 aromatic carbocycles. The van der Waals surface area contributed by atoms with Crippen LogP contribution >= 0.6 is 0 Å². The van der Waals surface area contributed by atoms with Crippen LogP contribution in [0.5, 0.6) is 0 Å². The quantitative estimate of drug-likeness (QED) is 0.680. The van der Waals surface area contributed by atoms with Gasteiger partial charge in [-0.05, 0) is 24.8 Å². The first kappa shape index (κ1) is 18.5. The number of imide groups is 1. The van der Waals surface area contributed by atoms with Crippen LogP contribution in [0.15, 0.2) is 24.3 Å². The zero-order valence-corrected chi connectivity index (χ0v) is 15.0. The summed E-state index contributed by atoms with van der Waals surface area (Å²) in [6, 6.07) is 8.75. The second kappa shape index (κ2) is 8.83. The lowest BCUT2D eigenvalue weighted by molar-refractivity contribution is -0.692. The number of hydrogen-bond acceptors (Lipinski definition) is 2. The Labute approximate surface area is 144 Å². The van der Waals surface area contributed by atoms with Crippen LogP contribution in [0.3, 0.4) is 0 Å². The van der Waals surface area contributed by atoms with E-state index in [1.807, 2.05) is 5.32 Å². The molecule has 0 aromatic heterocycles. The third-order valence-electron chi connectivity index (χ3n) is 4.34. The highest BCUT2D eigenvalue weighted by Crippen LogP contribution is 2.19. The average Bonchev–Trinajstić information content (AvgIpc) is 3.32. The lowest BCUT2D eigenvalue weighted by atomic mass is 9.94. The van der Waals surface area contributed by atoms with Crippen molar-refractivity contribution < 1.29 is 14.9 Å². The summed E-state index contributed by atoms with van der Waals surface area (Å²) >= 11 is 0. The van der Waals surface area contributed by atoms with Gasteiger partial charge in [-0.15, -0.1) is 0 Å². The number of aryl methyl sites for hydroxylation is 1. The first-order valence-corrected chi connectivity index (χ1v) is 9.02. The third kappa shape index (κ3) is 5.96. The van der Waals surface area contributed by atoms with Crippen LogP contribution in [-0.2, 0) is 11.2 Å². The summed E-state index contributed by atoms with van der Waals surface area (Å²) in [6.45, 7) is 6.73. The van der Waals surface area contributed by atoms with Crippen molar-refractivity contribution in [2.45, 2.75) is 58.5 Å². The van der Waals surface area contributed by atoms with Crippen LogP contribution in [0, 0.1) is 5.92 Å². The van der Waals surface area contributed by atoms with Gasteiger partial charge in [0.15, 0.2) is 6.54 Å². The van der Waals surface area contributed by atoms with E-state index in [0.717, 1.165) is 25.7 Å². The molecule has 0 saturated heterocycles. The maximum Gasteiger partial charge on any atom is 0.321 e. The highest BCUT2D eigenvalue weighted by molar-refractivity contribution is 5.94. The minimum Gasteiger partial charge on any atom is -0.335 e. The summed E-state index contributed by atoms with van der Waals surface area (Å²) in [5.74, 6) is 0.150. The summed E-state index contributed by atoms with van der Waals surface area (Å²) in [6.07, 6.45) is 4.26. The molecule has 0 heterocycles. The maximum absolute atomic E-state index is 11.9. The number of benzene rings is 1. The molecule has 0 aliphatic heterocycles. The number of amides is 3. The van der Waals surface area contributed by atoms with E-state index in [4.69, 9.17) is 0 Å². The van der Waals surface area contributed by atoms with E-state index in [2.05, 4.69) is 55.7 Å². The van der Waals surface area contributed by atoms with Crippen LogP contribution in [0.4, 0.5) is 4.79 Å². The van der Waals surface area contributed by atoms with Crippen LogP contribution in [0.25, 0.3) is 0 Å². The standard InChI is InChI=1S/C19H29N3O2/c1-4-5-14-6-8-15(9-7-14)18(13(2)3)20-12-17(23)22-19(24)21-16-10-11-16/h6-9,13,16,18,20H,4-5,10-12H2,1-3H3,(H2,21,22,23,24)/p+1/t18-/m0/s1. The molecule has 1 aliphatic carbocycles. The van der Waals surface area contributed by atoms with Gasteiger partial charge in [-0.25, -0.2) is 4.79 Å². The highest BCUT2D eigenvalue weighted by Gasteiger charge is 2.25. The van der Waals surface area contributed by atoms with Gasteiger partial charge in [0, 0.05) is 17.5 Å². The molecule has 1 fully saturated rings. The van der Waals surface area contributed by atoms with E-state index in [1.54, 1.807) is 0 Å². The van der Waals surface area contributed by atoms with Crippen LogP contribution in [0.2, 0.25) is 0 Å². The SMILES string of the molecule is CCCc1ccc([C@@H]([NH2+]CC(=O)NC(=O)NC2CC2)C(C)C)cc1. The summed E-state index contributed by atoms with van der Waals surface area (Å²) in [4.78, 5) is 23.5. The van der Waals surface area contributed by atoms with E-state index in [-0.39, 0.29) is 30.6 Å². The molecule has 1 saturated carbocycles.